The average molecular weight is 260 g/mol. The van der Waals surface area contributed by atoms with Crippen LogP contribution in [0, 0.1) is 0 Å². The Morgan fingerprint density at radius 2 is 2.05 bits per heavy atom. The second-order valence-electron chi connectivity index (χ2n) is 4.87. The largest absolute Gasteiger partial charge is 0.316 e. The predicted molar refractivity (Wildman–Crippen MR) is 80.3 cm³/mol. The molecule has 2 aromatic rings. The third-order valence-corrected chi connectivity index (χ3v) is 3.37. The summed E-state index contributed by atoms with van der Waals surface area (Å²) in [5.74, 6) is 0. The summed E-state index contributed by atoms with van der Waals surface area (Å²) in [6, 6.07) is 8.48. The number of para-hydroxylation sites is 1. The van der Waals surface area contributed by atoms with Gasteiger partial charge in [0.2, 0.25) is 0 Å². The van der Waals surface area contributed by atoms with Gasteiger partial charge in [0.15, 0.2) is 0 Å². The third-order valence-electron chi connectivity index (χ3n) is 3.37. The summed E-state index contributed by atoms with van der Waals surface area (Å²) in [6.07, 6.45) is 0. The number of nitrogens with zero attached hydrogens (tertiary/aromatic N) is 3. The Labute approximate surface area is 115 Å². The zero-order chi connectivity index (χ0) is 13.7. The molecule has 0 unspecified atom stereocenters. The van der Waals surface area contributed by atoms with Gasteiger partial charge in [-0.15, -0.1) is 0 Å². The van der Waals surface area contributed by atoms with E-state index in [4.69, 9.17) is 5.10 Å². The van der Waals surface area contributed by atoms with Crippen LogP contribution >= 0.6 is 0 Å². The van der Waals surface area contributed by atoms with Crippen molar-refractivity contribution in [1.82, 2.24) is 20.0 Å². The quantitative estimate of drug-likeness (QED) is 0.774. The number of hydrogen-bond donors (Lipinski definition) is 1. The molecule has 4 nitrogen and oxygen atoms in total. The van der Waals surface area contributed by atoms with Crippen molar-refractivity contribution in [3.63, 3.8) is 0 Å². The zero-order valence-electron chi connectivity index (χ0n) is 12.2. The molecule has 1 heterocycles. The molecular weight excluding hydrogens is 236 g/mol. The number of aryl methyl sites for hydroxylation is 1. The lowest BCUT2D eigenvalue weighted by molar-refractivity contribution is 0.321. The van der Waals surface area contributed by atoms with E-state index in [-0.39, 0.29) is 0 Å². The molecule has 1 aromatic carbocycles. The van der Waals surface area contributed by atoms with E-state index in [1.54, 1.807) is 0 Å². The van der Waals surface area contributed by atoms with E-state index in [1.807, 2.05) is 0 Å². The van der Waals surface area contributed by atoms with Crippen LogP contribution in [0.2, 0.25) is 0 Å². The van der Waals surface area contributed by atoms with E-state index in [1.165, 1.54) is 16.6 Å². The SMILES string of the molecule is CCNCCN(C)Cc1nn(CC)c2ccccc12. The van der Waals surface area contributed by atoms with Gasteiger partial charge in [0.05, 0.1) is 11.2 Å². The van der Waals surface area contributed by atoms with Gasteiger partial charge in [-0.3, -0.25) is 9.58 Å². The molecule has 1 aromatic heterocycles. The van der Waals surface area contributed by atoms with E-state index in [0.717, 1.165) is 32.7 Å². The summed E-state index contributed by atoms with van der Waals surface area (Å²) < 4.78 is 2.09. The lowest BCUT2D eigenvalue weighted by atomic mass is 10.2. The van der Waals surface area contributed by atoms with E-state index in [0.29, 0.717) is 0 Å². The molecule has 2 rings (SSSR count). The van der Waals surface area contributed by atoms with E-state index < -0.39 is 0 Å². The van der Waals surface area contributed by atoms with Gasteiger partial charge in [-0.2, -0.15) is 5.10 Å². The zero-order valence-corrected chi connectivity index (χ0v) is 12.2. The first kappa shape index (κ1) is 14.0. The molecule has 4 heteroatoms. The van der Waals surface area contributed by atoms with Gasteiger partial charge in [0.25, 0.3) is 0 Å². The minimum atomic E-state index is 0.902. The average Bonchev–Trinajstić information content (AvgIpc) is 2.77. The highest BCUT2D eigenvalue weighted by molar-refractivity contribution is 5.81. The number of fused-ring (bicyclic) bond motifs is 1. The summed E-state index contributed by atoms with van der Waals surface area (Å²) in [5.41, 5.74) is 2.41. The van der Waals surface area contributed by atoms with Crippen molar-refractivity contribution in [2.24, 2.45) is 0 Å². The first-order valence-electron chi connectivity index (χ1n) is 7.10. The van der Waals surface area contributed by atoms with Gasteiger partial charge in [0.1, 0.15) is 0 Å². The first-order chi connectivity index (χ1) is 9.26. The Kier molecular flexibility index (Phi) is 4.93. The Hall–Kier alpha value is -1.39. The molecule has 0 amide bonds. The van der Waals surface area contributed by atoms with Crippen LogP contribution in [0.5, 0.6) is 0 Å². The maximum atomic E-state index is 4.73. The molecule has 1 N–H and O–H groups in total. The number of hydrogen-bond acceptors (Lipinski definition) is 3. The maximum absolute atomic E-state index is 4.73. The highest BCUT2D eigenvalue weighted by atomic mass is 15.3. The minimum absolute atomic E-state index is 0.902. The molecule has 0 aliphatic carbocycles. The van der Waals surface area contributed by atoms with Gasteiger partial charge in [0, 0.05) is 31.6 Å². The molecular formula is C15H24N4. The molecule has 0 saturated carbocycles. The Balaban J connectivity index is 2.12. The fourth-order valence-electron chi connectivity index (χ4n) is 2.34. The third kappa shape index (κ3) is 3.33. The summed E-state index contributed by atoms with van der Waals surface area (Å²) in [6.45, 7) is 9.19. The minimum Gasteiger partial charge on any atom is -0.316 e. The number of likely N-dealkylation sites (N-methyl/N-ethyl adjacent to an activating group) is 2. The number of rotatable bonds is 7. The first-order valence-corrected chi connectivity index (χ1v) is 7.10. The predicted octanol–water partition coefficient (Wildman–Crippen LogP) is 2.10. The second kappa shape index (κ2) is 6.68. The number of aromatic nitrogens is 2. The molecule has 0 aliphatic rings. The summed E-state index contributed by atoms with van der Waals surface area (Å²) >= 11 is 0. The monoisotopic (exact) mass is 260 g/mol. The van der Waals surface area contributed by atoms with Crippen molar-refractivity contribution in [2.45, 2.75) is 26.9 Å². The van der Waals surface area contributed by atoms with Gasteiger partial charge in [-0.05, 0) is 26.6 Å². The Morgan fingerprint density at radius 3 is 2.79 bits per heavy atom. The summed E-state index contributed by atoms with van der Waals surface area (Å²) in [5, 5.41) is 9.36. The fourth-order valence-corrected chi connectivity index (χ4v) is 2.34. The molecule has 104 valence electrons. The molecule has 0 saturated heterocycles. The van der Waals surface area contributed by atoms with Crippen molar-refractivity contribution in [3.05, 3.63) is 30.0 Å². The van der Waals surface area contributed by atoms with Crippen molar-refractivity contribution in [2.75, 3.05) is 26.7 Å². The number of benzene rings is 1. The van der Waals surface area contributed by atoms with E-state index in [9.17, 15) is 0 Å². The van der Waals surface area contributed by atoms with E-state index >= 15 is 0 Å². The van der Waals surface area contributed by atoms with Crippen LogP contribution in [0.3, 0.4) is 0 Å². The molecule has 0 bridgehead atoms. The Morgan fingerprint density at radius 1 is 1.26 bits per heavy atom. The highest BCUT2D eigenvalue weighted by Crippen LogP contribution is 2.19. The second-order valence-corrected chi connectivity index (χ2v) is 4.87. The van der Waals surface area contributed by atoms with Gasteiger partial charge >= 0.3 is 0 Å². The van der Waals surface area contributed by atoms with Gasteiger partial charge < -0.3 is 5.32 Å². The van der Waals surface area contributed by atoms with Crippen molar-refractivity contribution >= 4 is 10.9 Å². The van der Waals surface area contributed by atoms with Crippen LogP contribution in [-0.4, -0.2) is 41.4 Å². The molecule has 0 atom stereocenters. The fraction of sp³-hybridized carbons (Fsp3) is 0.533. The summed E-state index contributed by atoms with van der Waals surface area (Å²) in [4.78, 5) is 2.32. The van der Waals surface area contributed by atoms with Crippen LogP contribution < -0.4 is 5.32 Å². The lowest BCUT2D eigenvalue weighted by Gasteiger charge is -2.15. The highest BCUT2D eigenvalue weighted by Gasteiger charge is 2.10. The van der Waals surface area contributed by atoms with Gasteiger partial charge in [-0.25, -0.2) is 0 Å². The summed E-state index contributed by atoms with van der Waals surface area (Å²) in [7, 11) is 2.15. The molecule has 0 radical (unpaired) electrons. The molecule has 0 spiro atoms. The van der Waals surface area contributed by atoms with Crippen molar-refractivity contribution in [1.29, 1.82) is 0 Å². The molecule has 19 heavy (non-hydrogen) atoms. The van der Waals surface area contributed by atoms with Gasteiger partial charge in [-0.1, -0.05) is 25.1 Å². The topological polar surface area (TPSA) is 33.1 Å². The van der Waals surface area contributed by atoms with Crippen LogP contribution in [0.25, 0.3) is 10.9 Å². The van der Waals surface area contributed by atoms with E-state index in [2.05, 4.69) is 60.1 Å². The van der Waals surface area contributed by atoms with Crippen molar-refractivity contribution in [3.8, 4) is 0 Å². The number of nitrogens with one attached hydrogen (secondary N) is 1. The van der Waals surface area contributed by atoms with Crippen molar-refractivity contribution < 1.29 is 0 Å². The van der Waals surface area contributed by atoms with Crippen LogP contribution in [0.1, 0.15) is 19.5 Å². The maximum Gasteiger partial charge on any atom is 0.0843 e. The molecule has 0 fully saturated rings. The Bertz CT molecular complexity index is 518. The van der Waals surface area contributed by atoms with Crippen LogP contribution in [0.15, 0.2) is 24.3 Å². The lowest BCUT2D eigenvalue weighted by Crippen LogP contribution is -2.29. The molecule has 0 aliphatic heterocycles. The normalized spacial score (nSPS) is 11.6. The van der Waals surface area contributed by atoms with Crippen LogP contribution in [-0.2, 0) is 13.1 Å². The smallest absolute Gasteiger partial charge is 0.0843 e. The van der Waals surface area contributed by atoms with Crippen LogP contribution in [0.4, 0.5) is 0 Å². The standard InChI is InChI=1S/C15H24N4/c1-4-16-10-11-18(3)12-14-13-8-6-7-9-15(13)19(5-2)17-14/h6-9,16H,4-5,10-12H2,1-3H3.